The molecular weight excluding hydrogens is 412 g/mol. The van der Waals surface area contributed by atoms with Gasteiger partial charge in [0.1, 0.15) is 6.54 Å². The minimum atomic E-state index is -3.59. The van der Waals surface area contributed by atoms with Crippen molar-refractivity contribution in [3.8, 4) is 0 Å². The van der Waals surface area contributed by atoms with Gasteiger partial charge in [-0.3, -0.25) is 9.59 Å². The van der Waals surface area contributed by atoms with Crippen molar-refractivity contribution in [3.05, 3.63) is 58.9 Å². The van der Waals surface area contributed by atoms with Gasteiger partial charge in [-0.25, -0.2) is 8.42 Å². The Bertz CT molecular complexity index is 1240. The van der Waals surface area contributed by atoms with E-state index in [1.54, 1.807) is 23.6 Å². The highest BCUT2D eigenvalue weighted by molar-refractivity contribution is 7.91. The first kappa shape index (κ1) is 20.9. The highest BCUT2D eigenvalue weighted by Crippen LogP contribution is 2.19. The van der Waals surface area contributed by atoms with Crippen LogP contribution in [0, 0.1) is 0 Å². The van der Waals surface area contributed by atoms with E-state index in [0.717, 1.165) is 10.2 Å². The van der Waals surface area contributed by atoms with Gasteiger partial charge in [-0.05, 0) is 31.2 Å². The van der Waals surface area contributed by atoms with Gasteiger partial charge >= 0.3 is 5.97 Å². The van der Waals surface area contributed by atoms with Gasteiger partial charge in [-0.1, -0.05) is 42.5 Å². The first-order valence-corrected chi connectivity index (χ1v) is 11.5. The third-order valence-corrected chi connectivity index (χ3v) is 7.06. The van der Waals surface area contributed by atoms with Crippen molar-refractivity contribution in [2.24, 2.45) is 4.99 Å². The van der Waals surface area contributed by atoms with E-state index in [9.17, 15) is 18.0 Å². The van der Waals surface area contributed by atoms with Crippen LogP contribution in [0.5, 0.6) is 0 Å². The second-order valence-corrected chi connectivity index (χ2v) is 9.32. The molecule has 152 valence electrons. The minimum absolute atomic E-state index is 0.00879. The topological polar surface area (TPSA) is 94.8 Å². The summed E-state index contributed by atoms with van der Waals surface area (Å²) in [6.45, 7) is 3.38. The highest BCUT2D eigenvalue weighted by atomic mass is 32.2. The monoisotopic (exact) mass is 432 g/mol. The van der Waals surface area contributed by atoms with Crippen LogP contribution in [0.2, 0.25) is 0 Å². The van der Waals surface area contributed by atoms with E-state index >= 15 is 0 Å². The molecule has 2 aromatic carbocycles. The summed E-state index contributed by atoms with van der Waals surface area (Å²) < 4.78 is 32.2. The average Bonchev–Trinajstić information content (AvgIpc) is 3.05. The van der Waals surface area contributed by atoms with E-state index in [-0.39, 0.29) is 29.4 Å². The van der Waals surface area contributed by atoms with Crippen LogP contribution in [0.15, 0.2) is 58.4 Å². The molecule has 29 heavy (non-hydrogen) atoms. The van der Waals surface area contributed by atoms with Crippen molar-refractivity contribution < 1.29 is 22.7 Å². The summed E-state index contributed by atoms with van der Waals surface area (Å²) >= 11 is 1.24. The molecule has 0 aliphatic rings. The third-order valence-electron chi connectivity index (χ3n) is 4.21. The lowest BCUT2D eigenvalue weighted by Crippen LogP contribution is -2.23. The van der Waals surface area contributed by atoms with E-state index in [1.165, 1.54) is 30.4 Å². The van der Waals surface area contributed by atoms with E-state index < -0.39 is 21.7 Å². The van der Waals surface area contributed by atoms with Crippen LogP contribution < -0.4 is 4.80 Å². The van der Waals surface area contributed by atoms with E-state index in [2.05, 4.69) is 4.99 Å². The lowest BCUT2D eigenvalue weighted by atomic mass is 10.2. The summed E-state index contributed by atoms with van der Waals surface area (Å²) in [6, 6.07) is 13.4. The molecule has 0 radical (unpaired) electrons. The number of esters is 1. The van der Waals surface area contributed by atoms with Crippen molar-refractivity contribution in [3.63, 3.8) is 0 Å². The van der Waals surface area contributed by atoms with Crippen molar-refractivity contribution in [2.45, 2.75) is 25.3 Å². The molecule has 0 aliphatic heterocycles. The maximum Gasteiger partial charge on any atom is 0.326 e. The SMILES string of the molecule is CCOC(=O)Cn1c(=NC(=O)c2ccccc2S(=O)(=O)CC)sc2ccccc21. The number of fused-ring (bicyclic) bond motifs is 1. The van der Waals surface area contributed by atoms with Crippen LogP contribution in [0.4, 0.5) is 0 Å². The van der Waals surface area contributed by atoms with Gasteiger partial charge < -0.3 is 9.30 Å². The Morgan fingerprint density at radius 1 is 1.07 bits per heavy atom. The molecule has 3 aromatic rings. The molecule has 9 heteroatoms. The number of aromatic nitrogens is 1. The zero-order valence-electron chi connectivity index (χ0n) is 16.0. The Hall–Kier alpha value is -2.78. The van der Waals surface area contributed by atoms with Crippen LogP contribution in [0.25, 0.3) is 10.2 Å². The van der Waals surface area contributed by atoms with E-state index in [4.69, 9.17) is 4.74 Å². The number of hydrogen-bond acceptors (Lipinski definition) is 6. The maximum atomic E-state index is 12.9. The van der Waals surface area contributed by atoms with E-state index in [0.29, 0.717) is 4.80 Å². The number of sulfone groups is 1. The first-order valence-electron chi connectivity index (χ1n) is 9.02. The molecule has 0 spiro atoms. The quantitative estimate of drug-likeness (QED) is 0.558. The number of ether oxygens (including phenoxy) is 1. The van der Waals surface area contributed by atoms with E-state index in [1.807, 2.05) is 24.3 Å². The number of thiazole rings is 1. The number of carbonyl (C=O) groups excluding carboxylic acids is 2. The molecule has 0 bridgehead atoms. The number of nitrogens with zero attached hydrogens (tertiary/aromatic N) is 2. The second kappa shape index (κ2) is 8.71. The summed E-state index contributed by atoms with van der Waals surface area (Å²) in [6.07, 6.45) is 0. The lowest BCUT2D eigenvalue weighted by molar-refractivity contribution is -0.143. The van der Waals surface area contributed by atoms with Gasteiger partial charge in [0.15, 0.2) is 14.6 Å². The fourth-order valence-corrected chi connectivity index (χ4v) is 4.93. The van der Waals surface area contributed by atoms with Gasteiger partial charge in [0.25, 0.3) is 5.91 Å². The third kappa shape index (κ3) is 4.46. The Balaban J connectivity index is 2.14. The zero-order chi connectivity index (χ0) is 21.0. The Kier molecular flexibility index (Phi) is 6.29. The Morgan fingerprint density at radius 2 is 1.76 bits per heavy atom. The summed E-state index contributed by atoms with van der Waals surface area (Å²) in [4.78, 5) is 29.3. The standard InChI is InChI=1S/C20H20N2O5S2/c1-3-27-18(23)13-22-15-10-6-7-11-16(15)28-20(22)21-19(24)14-9-5-8-12-17(14)29(25,26)4-2/h5-12H,3-4,13H2,1-2H3. The molecule has 0 N–H and O–H groups in total. The summed E-state index contributed by atoms with van der Waals surface area (Å²) in [5.41, 5.74) is 0.751. The number of rotatable bonds is 6. The average molecular weight is 433 g/mol. The van der Waals surface area contributed by atoms with Crippen LogP contribution in [0.1, 0.15) is 24.2 Å². The predicted molar refractivity (Wildman–Crippen MR) is 111 cm³/mol. The second-order valence-electron chi connectivity index (χ2n) is 6.06. The van der Waals surface area contributed by atoms with Crippen molar-refractivity contribution >= 4 is 43.3 Å². The van der Waals surface area contributed by atoms with Gasteiger partial charge in [0.05, 0.1) is 33.0 Å². The fraction of sp³-hybridized carbons (Fsp3) is 0.250. The lowest BCUT2D eigenvalue weighted by Gasteiger charge is -2.07. The molecule has 0 saturated heterocycles. The van der Waals surface area contributed by atoms with Crippen LogP contribution in [-0.4, -0.2) is 37.2 Å². The number of carbonyl (C=O) groups is 2. The number of para-hydroxylation sites is 1. The Labute approximate surface area is 172 Å². The first-order chi connectivity index (χ1) is 13.9. The summed E-state index contributed by atoms with van der Waals surface area (Å²) in [7, 11) is -3.59. The molecule has 7 nitrogen and oxygen atoms in total. The number of benzene rings is 2. The predicted octanol–water partition coefficient (Wildman–Crippen LogP) is 2.80. The number of hydrogen-bond donors (Lipinski definition) is 0. The maximum absolute atomic E-state index is 12.9. The normalized spacial score (nSPS) is 12.3. The zero-order valence-corrected chi connectivity index (χ0v) is 17.6. The largest absolute Gasteiger partial charge is 0.465 e. The molecular formula is C20H20N2O5S2. The highest BCUT2D eigenvalue weighted by Gasteiger charge is 2.21. The Morgan fingerprint density at radius 3 is 2.48 bits per heavy atom. The summed E-state index contributed by atoms with van der Waals surface area (Å²) in [5, 5.41) is 0. The summed E-state index contributed by atoms with van der Waals surface area (Å²) in [5.74, 6) is -1.25. The molecule has 0 unspecified atom stereocenters. The van der Waals surface area contributed by atoms with Gasteiger partial charge in [-0.2, -0.15) is 4.99 Å². The molecule has 0 saturated carbocycles. The smallest absolute Gasteiger partial charge is 0.326 e. The fourth-order valence-electron chi connectivity index (χ4n) is 2.81. The van der Waals surface area contributed by atoms with Crippen molar-refractivity contribution in [2.75, 3.05) is 12.4 Å². The molecule has 0 aliphatic carbocycles. The van der Waals surface area contributed by atoms with Crippen LogP contribution >= 0.6 is 11.3 Å². The molecule has 0 fully saturated rings. The van der Waals surface area contributed by atoms with Gasteiger partial charge in [0.2, 0.25) is 0 Å². The van der Waals surface area contributed by atoms with Crippen molar-refractivity contribution in [1.29, 1.82) is 0 Å². The number of amides is 1. The molecule has 0 atom stereocenters. The van der Waals surface area contributed by atoms with Crippen LogP contribution in [0.3, 0.4) is 0 Å². The molecule has 3 rings (SSSR count). The van der Waals surface area contributed by atoms with Crippen molar-refractivity contribution in [1.82, 2.24) is 4.57 Å². The molecule has 1 amide bonds. The molecule has 1 heterocycles. The molecule has 1 aromatic heterocycles. The minimum Gasteiger partial charge on any atom is -0.465 e. The van der Waals surface area contributed by atoms with Gasteiger partial charge in [0, 0.05) is 0 Å². The van der Waals surface area contributed by atoms with Gasteiger partial charge in [-0.15, -0.1) is 0 Å². The van der Waals surface area contributed by atoms with Crippen LogP contribution in [-0.2, 0) is 25.9 Å².